The molecule has 1 saturated carbocycles. The van der Waals surface area contributed by atoms with Crippen molar-refractivity contribution in [2.24, 2.45) is 0 Å². The SMILES string of the molecule is CC1NCCN(CC(=O)NC2CCCC2)C1=O. The van der Waals surface area contributed by atoms with E-state index < -0.39 is 0 Å². The Morgan fingerprint density at radius 2 is 2.18 bits per heavy atom. The standard InChI is InChI=1S/C12H21N3O2/c1-9-12(17)15(7-6-13-9)8-11(16)14-10-4-2-3-5-10/h9-10,13H,2-8H2,1H3,(H,14,16). The Hall–Kier alpha value is -1.10. The highest BCUT2D eigenvalue weighted by atomic mass is 16.2. The minimum atomic E-state index is -0.164. The Kier molecular flexibility index (Phi) is 3.99. The fourth-order valence-electron chi connectivity index (χ4n) is 2.56. The quantitative estimate of drug-likeness (QED) is 0.721. The first-order valence-corrected chi connectivity index (χ1v) is 6.48. The normalized spacial score (nSPS) is 26.3. The fourth-order valence-corrected chi connectivity index (χ4v) is 2.56. The maximum absolute atomic E-state index is 11.8. The summed E-state index contributed by atoms with van der Waals surface area (Å²) in [7, 11) is 0. The van der Waals surface area contributed by atoms with Gasteiger partial charge in [0, 0.05) is 19.1 Å². The molecule has 0 bridgehead atoms. The molecule has 2 N–H and O–H groups in total. The lowest BCUT2D eigenvalue weighted by Gasteiger charge is -2.31. The molecule has 0 radical (unpaired) electrons. The van der Waals surface area contributed by atoms with Gasteiger partial charge in [0.1, 0.15) is 0 Å². The van der Waals surface area contributed by atoms with Gasteiger partial charge in [0.2, 0.25) is 11.8 Å². The molecule has 0 aromatic rings. The molecule has 1 aliphatic carbocycles. The Morgan fingerprint density at radius 1 is 1.47 bits per heavy atom. The van der Waals surface area contributed by atoms with Crippen molar-refractivity contribution in [3.05, 3.63) is 0 Å². The summed E-state index contributed by atoms with van der Waals surface area (Å²) in [5.41, 5.74) is 0. The minimum Gasteiger partial charge on any atom is -0.352 e. The van der Waals surface area contributed by atoms with Crippen LogP contribution in [0.15, 0.2) is 0 Å². The molecule has 17 heavy (non-hydrogen) atoms. The molecule has 2 fully saturated rings. The summed E-state index contributed by atoms with van der Waals surface area (Å²) in [6, 6.07) is 0.168. The predicted molar refractivity (Wildman–Crippen MR) is 64.4 cm³/mol. The van der Waals surface area contributed by atoms with Crippen LogP contribution in [0.1, 0.15) is 32.6 Å². The van der Waals surface area contributed by atoms with Gasteiger partial charge in [-0.15, -0.1) is 0 Å². The summed E-state index contributed by atoms with van der Waals surface area (Å²) in [6.07, 6.45) is 4.57. The molecule has 2 amide bonds. The number of nitrogens with zero attached hydrogens (tertiary/aromatic N) is 1. The molecule has 1 heterocycles. The van der Waals surface area contributed by atoms with Gasteiger partial charge in [0.25, 0.3) is 0 Å². The van der Waals surface area contributed by atoms with Crippen LogP contribution >= 0.6 is 0 Å². The Balaban J connectivity index is 1.79. The van der Waals surface area contributed by atoms with Gasteiger partial charge in [0.15, 0.2) is 0 Å². The molecule has 2 aliphatic rings. The first kappa shape index (κ1) is 12.4. The van der Waals surface area contributed by atoms with Gasteiger partial charge in [-0.2, -0.15) is 0 Å². The second-order valence-electron chi connectivity index (χ2n) is 4.98. The zero-order chi connectivity index (χ0) is 12.3. The lowest BCUT2D eigenvalue weighted by molar-refractivity contribution is -0.139. The van der Waals surface area contributed by atoms with Crippen molar-refractivity contribution in [2.45, 2.75) is 44.7 Å². The Labute approximate surface area is 102 Å². The highest BCUT2D eigenvalue weighted by Gasteiger charge is 2.27. The van der Waals surface area contributed by atoms with Crippen LogP contribution < -0.4 is 10.6 Å². The van der Waals surface area contributed by atoms with Crippen molar-refractivity contribution in [1.29, 1.82) is 0 Å². The number of hydrogen-bond acceptors (Lipinski definition) is 3. The third-order valence-corrected chi connectivity index (χ3v) is 3.57. The van der Waals surface area contributed by atoms with Gasteiger partial charge in [-0.3, -0.25) is 9.59 Å². The van der Waals surface area contributed by atoms with E-state index in [4.69, 9.17) is 0 Å². The molecule has 5 nitrogen and oxygen atoms in total. The summed E-state index contributed by atoms with van der Waals surface area (Å²) in [4.78, 5) is 25.2. The third kappa shape index (κ3) is 3.19. The van der Waals surface area contributed by atoms with E-state index in [0.29, 0.717) is 12.6 Å². The van der Waals surface area contributed by atoms with Gasteiger partial charge in [-0.1, -0.05) is 12.8 Å². The number of amides is 2. The van der Waals surface area contributed by atoms with Crippen LogP contribution in [0.3, 0.4) is 0 Å². The summed E-state index contributed by atoms with van der Waals surface area (Å²) >= 11 is 0. The van der Waals surface area contributed by atoms with E-state index in [1.807, 2.05) is 6.92 Å². The van der Waals surface area contributed by atoms with Crippen molar-refractivity contribution in [3.63, 3.8) is 0 Å². The topological polar surface area (TPSA) is 61.4 Å². The van der Waals surface area contributed by atoms with Gasteiger partial charge in [-0.25, -0.2) is 0 Å². The van der Waals surface area contributed by atoms with E-state index in [0.717, 1.165) is 19.4 Å². The van der Waals surface area contributed by atoms with Crippen molar-refractivity contribution < 1.29 is 9.59 Å². The number of hydrogen-bond donors (Lipinski definition) is 2. The monoisotopic (exact) mass is 239 g/mol. The van der Waals surface area contributed by atoms with Crippen LogP contribution in [-0.4, -0.2) is 48.4 Å². The maximum Gasteiger partial charge on any atom is 0.239 e. The van der Waals surface area contributed by atoms with Crippen LogP contribution in [0.2, 0.25) is 0 Å². The van der Waals surface area contributed by atoms with Gasteiger partial charge < -0.3 is 15.5 Å². The van der Waals surface area contributed by atoms with E-state index >= 15 is 0 Å². The van der Waals surface area contributed by atoms with Gasteiger partial charge >= 0.3 is 0 Å². The number of piperazine rings is 1. The lowest BCUT2D eigenvalue weighted by atomic mass is 10.2. The molecule has 0 aromatic heterocycles. The second kappa shape index (κ2) is 5.49. The first-order chi connectivity index (χ1) is 8.16. The molecule has 1 saturated heterocycles. The van der Waals surface area contributed by atoms with Crippen molar-refractivity contribution in [1.82, 2.24) is 15.5 Å². The van der Waals surface area contributed by atoms with Crippen LogP contribution in [0.25, 0.3) is 0 Å². The maximum atomic E-state index is 11.8. The van der Waals surface area contributed by atoms with Crippen molar-refractivity contribution in [3.8, 4) is 0 Å². The zero-order valence-electron chi connectivity index (χ0n) is 10.4. The lowest BCUT2D eigenvalue weighted by Crippen LogP contribution is -2.56. The first-order valence-electron chi connectivity index (χ1n) is 6.48. The molecular weight excluding hydrogens is 218 g/mol. The number of nitrogens with one attached hydrogen (secondary N) is 2. The summed E-state index contributed by atoms with van der Waals surface area (Å²) in [6.45, 7) is 3.44. The molecule has 1 aliphatic heterocycles. The van der Waals surface area contributed by atoms with Gasteiger partial charge in [-0.05, 0) is 19.8 Å². The van der Waals surface area contributed by atoms with Crippen LogP contribution in [0.5, 0.6) is 0 Å². The summed E-state index contributed by atoms with van der Waals surface area (Å²) in [5, 5.41) is 6.09. The van der Waals surface area contributed by atoms with Crippen LogP contribution in [-0.2, 0) is 9.59 Å². The van der Waals surface area contributed by atoms with Crippen LogP contribution in [0, 0.1) is 0 Å². The fraction of sp³-hybridized carbons (Fsp3) is 0.833. The van der Waals surface area contributed by atoms with Crippen molar-refractivity contribution >= 4 is 11.8 Å². The largest absolute Gasteiger partial charge is 0.352 e. The highest BCUT2D eigenvalue weighted by Crippen LogP contribution is 2.17. The molecule has 0 spiro atoms. The number of carbonyl (C=O) groups is 2. The molecular formula is C12H21N3O2. The second-order valence-corrected chi connectivity index (χ2v) is 4.98. The highest BCUT2D eigenvalue weighted by molar-refractivity contribution is 5.87. The molecule has 2 rings (SSSR count). The van der Waals surface area contributed by atoms with Gasteiger partial charge in [0.05, 0.1) is 12.6 Å². The Morgan fingerprint density at radius 3 is 2.88 bits per heavy atom. The zero-order valence-corrected chi connectivity index (χ0v) is 10.4. The molecule has 1 atom stereocenters. The molecule has 0 aromatic carbocycles. The number of rotatable bonds is 3. The molecule has 96 valence electrons. The Bertz CT molecular complexity index is 300. The smallest absolute Gasteiger partial charge is 0.239 e. The molecule has 1 unspecified atom stereocenters. The minimum absolute atomic E-state index is 0.0145. The van der Waals surface area contributed by atoms with E-state index in [2.05, 4.69) is 10.6 Å². The van der Waals surface area contributed by atoms with E-state index in [-0.39, 0.29) is 24.4 Å². The molecule has 5 heteroatoms. The third-order valence-electron chi connectivity index (χ3n) is 3.57. The predicted octanol–water partition coefficient (Wildman–Crippen LogP) is -0.134. The van der Waals surface area contributed by atoms with Crippen LogP contribution in [0.4, 0.5) is 0 Å². The number of carbonyl (C=O) groups excluding carboxylic acids is 2. The van der Waals surface area contributed by atoms with E-state index in [1.165, 1.54) is 12.8 Å². The summed E-state index contributed by atoms with van der Waals surface area (Å²) in [5.74, 6) is 0.0113. The summed E-state index contributed by atoms with van der Waals surface area (Å²) < 4.78 is 0. The average molecular weight is 239 g/mol. The average Bonchev–Trinajstić information content (AvgIpc) is 2.77. The van der Waals surface area contributed by atoms with E-state index in [9.17, 15) is 9.59 Å². The van der Waals surface area contributed by atoms with Crippen molar-refractivity contribution in [2.75, 3.05) is 19.6 Å². The van der Waals surface area contributed by atoms with E-state index in [1.54, 1.807) is 4.90 Å².